The van der Waals surface area contributed by atoms with Gasteiger partial charge < -0.3 is 10.1 Å². The van der Waals surface area contributed by atoms with Gasteiger partial charge in [0.15, 0.2) is 0 Å². The summed E-state index contributed by atoms with van der Waals surface area (Å²) < 4.78 is 31.5. The highest BCUT2D eigenvalue weighted by atomic mass is 32.2. The molecule has 0 spiro atoms. The van der Waals surface area contributed by atoms with Gasteiger partial charge in [-0.1, -0.05) is 30.3 Å². The van der Waals surface area contributed by atoms with E-state index in [9.17, 15) is 13.2 Å². The highest BCUT2D eigenvalue weighted by Gasteiger charge is 2.16. The molecular formula is C21H22N2O5S. The number of aliphatic imine (C=N–C) groups is 1. The highest BCUT2D eigenvalue weighted by molar-refractivity contribution is 7.85. The topological polar surface area (TPSA) is 120 Å². The minimum absolute atomic E-state index is 0.0101. The molecule has 0 bridgehead atoms. The zero-order chi connectivity index (χ0) is 21.0. The molecule has 1 aliphatic heterocycles. The summed E-state index contributed by atoms with van der Waals surface area (Å²) in [5.41, 5.74) is 5.54. The number of aliphatic carboxylic acids is 1. The van der Waals surface area contributed by atoms with Crippen molar-refractivity contribution >= 4 is 27.9 Å². The first-order chi connectivity index (χ1) is 13.7. The number of rotatable bonds is 8. The largest absolute Gasteiger partial charge is 0.481 e. The van der Waals surface area contributed by atoms with E-state index >= 15 is 0 Å². The normalized spacial score (nSPS) is 15.4. The van der Waals surface area contributed by atoms with E-state index in [1.807, 2.05) is 55.5 Å². The fraction of sp³-hybridized carbons (Fsp3) is 0.238. The second-order valence-electron chi connectivity index (χ2n) is 6.88. The molecular weight excluding hydrogens is 392 g/mol. The van der Waals surface area contributed by atoms with Crippen LogP contribution in [0.3, 0.4) is 0 Å². The molecule has 0 saturated heterocycles. The predicted octanol–water partition coefficient (Wildman–Crippen LogP) is 3.72. The van der Waals surface area contributed by atoms with E-state index in [1.165, 1.54) is 0 Å². The Labute approximate surface area is 169 Å². The standard InChI is InChI=1S/C21H22N2O5S/c1-14-11-17(7-8-21(24)25)22-18(14)13-20-16(9-10-29(26,27)28)12-19(23-20)15-5-3-2-4-6-15/h2-6,11-13,23H,7-10H2,1H3,(H,24,25)(H,26,27,28)/b18-13-. The summed E-state index contributed by atoms with van der Waals surface area (Å²) in [6.45, 7) is 1.89. The predicted molar refractivity (Wildman–Crippen MR) is 112 cm³/mol. The molecule has 3 rings (SSSR count). The summed E-state index contributed by atoms with van der Waals surface area (Å²) in [6.07, 6.45) is 4.19. The summed E-state index contributed by atoms with van der Waals surface area (Å²) in [4.78, 5) is 18.6. The van der Waals surface area contributed by atoms with Gasteiger partial charge in [0.25, 0.3) is 10.1 Å². The number of aromatic amines is 1. The lowest BCUT2D eigenvalue weighted by Gasteiger charge is -2.01. The lowest BCUT2D eigenvalue weighted by molar-refractivity contribution is -0.136. The molecule has 7 nitrogen and oxygen atoms in total. The van der Waals surface area contributed by atoms with Gasteiger partial charge >= 0.3 is 5.97 Å². The average Bonchev–Trinajstić information content (AvgIpc) is 3.22. The van der Waals surface area contributed by atoms with Gasteiger partial charge in [-0.3, -0.25) is 14.3 Å². The first-order valence-electron chi connectivity index (χ1n) is 9.13. The van der Waals surface area contributed by atoms with Gasteiger partial charge in [-0.2, -0.15) is 8.42 Å². The maximum Gasteiger partial charge on any atom is 0.303 e. The van der Waals surface area contributed by atoms with Crippen LogP contribution in [-0.2, 0) is 21.3 Å². The van der Waals surface area contributed by atoms with Gasteiger partial charge in [-0.05, 0) is 48.3 Å². The second-order valence-corrected chi connectivity index (χ2v) is 8.45. The Balaban J connectivity index is 1.94. The molecule has 0 fully saturated rings. The van der Waals surface area contributed by atoms with Crippen molar-refractivity contribution in [1.82, 2.24) is 4.98 Å². The number of H-pyrrole nitrogens is 1. The number of nitrogens with one attached hydrogen (secondary N) is 1. The molecule has 2 heterocycles. The Bertz CT molecular complexity index is 1110. The lowest BCUT2D eigenvalue weighted by atomic mass is 10.1. The van der Waals surface area contributed by atoms with Crippen LogP contribution in [0.15, 0.2) is 58.7 Å². The lowest BCUT2D eigenvalue weighted by Crippen LogP contribution is -2.06. The van der Waals surface area contributed by atoms with Crippen molar-refractivity contribution in [3.05, 3.63) is 65.0 Å². The second kappa shape index (κ2) is 8.59. The van der Waals surface area contributed by atoms with E-state index in [4.69, 9.17) is 9.66 Å². The van der Waals surface area contributed by atoms with Crippen molar-refractivity contribution in [3.63, 3.8) is 0 Å². The molecule has 0 unspecified atom stereocenters. The van der Waals surface area contributed by atoms with E-state index in [1.54, 1.807) is 0 Å². The quantitative estimate of drug-likeness (QED) is 0.569. The van der Waals surface area contributed by atoms with E-state index in [-0.39, 0.29) is 18.6 Å². The average molecular weight is 414 g/mol. The SMILES string of the molecule is CC1=CC(CCC(=O)O)=N/C1=C\c1[nH]c(-c2ccccc2)cc1CCS(=O)(=O)O. The molecule has 1 aromatic heterocycles. The smallest absolute Gasteiger partial charge is 0.303 e. The van der Waals surface area contributed by atoms with Crippen LogP contribution in [0.5, 0.6) is 0 Å². The van der Waals surface area contributed by atoms with Crippen LogP contribution in [0.4, 0.5) is 0 Å². The summed E-state index contributed by atoms with van der Waals surface area (Å²) in [6, 6.07) is 11.5. The molecule has 0 saturated carbocycles. The van der Waals surface area contributed by atoms with Crippen molar-refractivity contribution in [1.29, 1.82) is 0 Å². The van der Waals surface area contributed by atoms with Crippen molar-refractivity contribution in [2.45, 2.75) is 26.2 Å². The van der Waals surface area contributed by atoms with Crippen LogP contribution in [0, 0.1) is 0 Å². The van der Waals surface area contributed by atoms with E-state index in [0.29, 0.717) is 23.5 Å². The number of carbonyl (C=O) groups is 1. The first-order valence-corrected chi connectivity index (χ1v) is 10.7. The summed E-state index contributed by atoms with van der Waals surface area (Å²) in [5, 5.41) is 8.85. The molecule has 0 radical (unpaired) electrons. The minimum atomic E-state index is -4.09. The molecule has 0 amide bonds. The third kappa shape index (κ3) is 5.75. The summed E-state index contributed by atoms with van der Waals surface area (Å²) >= 11 is 0. The number of hydrogen-bond acceptors (Lipinski definition) is 4. The van der Waals surface area contributed by atoms with Crippen molar-refractivity contribution in [3.8, 4) is 11.3 Å². The molecule has 2 aromatic rings. The molecule has 3 N–H and O–H groups in total. The Kier molecular flexibility index (Phi) is 6.14. The Morgan fingerprint density at radius 1 is 1.21 bits per heavy atom. The fourth-order valence-corrected chi connectivity index (χ4v) is 3.58. The van der Waals surface area contributed by atoms with Crippen molar-refractivity contribution < 1.29 is 22.9 Å². The Morgan fingerprint density at radius 2 is 1.93 bits per heavy atom. The zero-order valence-corrected chi connectivity index (χ0v) is 16.7. The summed E-state index contributed by atoms with van der Waals surface area (Å²) in [5.74, 6) is -1.25. The fourth-order valence-electron chi connectivity index (χ4n) is 3.11. The zero-order valence-electron chi connectivity index (χ0n) is 15.9. The number of benzene rings is 1. The number of nitrogens with zero attached hydrogens (tertiary/aromatic N) is 1. The van der Waals surface area contributed by atoms with Gasteiger partial charge in [-0.25, -0.2) is 0 Å². The third-order valence-corrected chi connectivity index (χ3v) is 5.30. The number of carboxylic acids is 1. The third-order valence-electron chi connectivity index (χ3n) is 4.58. The van der Waals surface area contributed by atoms with Crippen LogP contribution in [-0.4, -0.2) is 40.5 Å². The maximum absolute atomic E-state index is 11.2. The van der Waals surface area contributed by atoms with Gasteiger partial charge in [-0.15, -0.1) is 0 Å². The van der Waals surface area contributed by atoms with Crippen LogP contribution in [0.25, 0.3) is 17.3 Å². The number of aromatic nitrogens is 1. The van der Waals surface area contributed by atoms with Crippen molar-refractivity contribution in [2.75, 3.05) is 5.75 Å². The summed E-state index contributed by atoms with van der Waals surface area (Å²) in [7, 11) is -4.09. The molecule has 1 aromatic carbocycles. The Hall–Kier alpha value is -2.97. The van der Waals surface area contributed by atoms with Crippen LogP contribution < -0.4 is 0 Å². The first kappa shape index (κ1) is 20.8. The molecule has 0 aliphatic carbocycles. The number of carboxylic acid groups (broad SMARTS) is 1. The molecule has 0 atom stereocenters. The highest BCUT2D eigenvalue weighted by Crippen LogP contribution is 2.28. The molecule has 8 heteroatoms. The maximum atomic E-state index is 11.2. The van der Waals surface area contributed by atoms with Gasteiger partial charge in [0.05, 0.1) is 17.9 Å². The number of allylic oxidation sites excluding steroid dienone is 2. The monoisotopic (exact) mass is 414 g/mol. The van der Waals surface area contributed by atoms with E-state index < -0.39 is 16.1 Å². The molecule has 29 heavy (non-hydrogen) atoms. The van der Waals surface area contributed by atoms with Gasteiger partial charge in [0.1, 0.15) is 0 Å². The van der Waals surface area contributed by atoms with Gasteiger partial charge in [0.2, 0.25) is 0 Å². The number of hydrogen-bond donors (Lipinski definition) is 3. The minimum Gasteiger partial charge on any atom is -0.481 e. The van der Waals surface area contributed by atoms with Crippen molar-refractivity contribution in [2.24, 2.45) is 4.99 Å². The van der Waals surface area contributed by atoms with E-state index in [2.05, 4.69) is 9.98 Å². The molecule has 152 valence electrons. The van der Waals surface area contributed by atoms with Gasteiger partial charge in [0, 0.05) is 23.5 Å². The molecule has 1 aliphatic rings. The Morgan fingerprint density at radius 3 is 2.59 bits per heavy atom. The van der Waals surface area contributed by atoms with E-state index in [0.717, 1.165) is 22.4 Å². The van der Waals surface area contributed by atoms with Crippen LogP contribution >= 0.6 is 0 Å². The van der Waals surface area contributed by atoms with Crippen LogP contribution in [0.2, 0.25) is 0 Å². The number of aryl methyl sites for hydroxylation is 1. The van der Waals surface area contributed by atoms with Crippen LogP contribution in [0.1, 0.15) is 31.0 Å².